The van der Waals surface area contributed by atoms with E-state index in [-0.39, 0.29) is 36.5 Å². The molecule has 0 spiro atoms. The van der Waals surface area contributed by atoms with E-state index >= 15 is 0 Å². The fraction of sp³-hybridized carbons (Fsp3) is 0.591. The smallest absolute Gasteiger partial charge is 0.242 e. The lowest BCUT2D eigenvalue weighted by atomic mass is 10.1. The molecule has 8 heteroatoms. The lowest BCUT2D eigenvalue weighted by Crippen LogP contribution is -2.43. The summed E-state index contributed by atoms with van der Waals surface area (Å²) in [5.74, 6) is 0.997. The lowest BCUT2D eigenvalue weighted by Gasteiger charge is -2.20. The Bertz CT molecular complexity index is 732. The molecule has 0 aliphatic carbocycles. The molecule has 0 aromatic heterocycles. The van der Waals surface area contributed by atoms with E-state index in [0.717, 1.165) is 37.4 Å². The van der Waals surface area contributed by atoms with Crippen molar-refractivity contribution in [3.05, 3.63) is 24.3 Å². The fourth-order valence-corrected chi connectivity index (χ4v) is 3.01. The summed E-state index contributed by atoms with van der Waals surface area (Å²) in [6, 6.07) is 7.46. The molecular formula is C22H35N5O3. The topological polar surface area (TPSA) is 95.1 Å². The zero-order valence-electron chi connectivity index (χ0n) is 18.7. The Kier molecular flexibility index (Phi) is 8.50. The molecule has 0 unspecified atom stereocenters. The number of likely N-dealkylation sites (tertiary alicyclic amines) is 1. The van der Waals surface area contributed by atoms with Gasteiger partial charge in [-0.2, -0.15) is 0 Å². The number of aliphatic imine (C=N–C) groups is 1. The number of carbonyl (C=O) groups is 2. The molecule has 2 rings (SSSR count). The SMILES string of the molecule is CC(C)Oc1ccc(NC(=NCC(=O)NC(C)(C)C)NCC(=O)N2CCCC2)cc1. The highest BCUT2D eigenvalue weighted by molar-refractivity contribution is 5.97. The monoisotopic (exact) mass is 417 g/mol. The minimum atomic E-state index is -0.328. The third-order valence-corrected chi connectivity index (χ3v) is 4.25. The molecule has 8 nitrogen and oxygen atoms in total. The van der Waals surface area contributed by atoms with Gasteiger partial charge in [0, 0.05) is 24.3 Å². The number of hydrogen-bond acceptors (Lipinski definition) is 4. The van der Waals surface area contributed by atoms with Gasteiger partial charge in [-0.3, -0.25) is 9.59 Å². The molecule has 30 heavy (non-hydrogen) atoms. The van der Waals surface area contributed by atoms with Gasteiger partial charge >= 0.3 is 0 Å². The second-order valence-corrected chi connectivity index (χ2v) is 8.72. The van der Waals surface area contributed by atoms with Gasteiger partial charge < -0.3 is 25.6 Å². The second-order valence-electron chi connectivity index (χ2n) is 8.72. The van der Waals surface area contributed by atoms with Crippen LogP contribution in [0.5, 0.6) is 5.75 Å². The number of nitrogens with zero attached hydrogens (tertiary/aromatic N) is 2. The Morgan fingerprint density at radius 2 is 1.77 bits per heavy atom. The highest BCUT2D eigenvalue weighted by atomic mass is 16.5. The van der Waals surface area contributed by atoms with Gasteiger partial charge in [0.15, 0.2) is 5.96 Å². The van der Waals surface area contributed by atoms with Crippen molar-refractivity contribution >= 4 is 23.5 Å². The molecule has 1 saturated heterocycles. The maximum absolute atomic E-state index is 12.4. The second kappa shape index (κ2) is 10.8. The van der Waals surface area contributed by atoms with Crippen LogP contribution in [0.25, 0.3) is 0 Å². The van der Waals surface area contributed by atoms with E-state index in [0.29, 0.717) is 5.96 Å². The zero-order chi connectivity index (χ0) is 22.1. The standard InChI is InChI=1S/C22H35N5O3/c1-16(2)30-18-10-8-17(9-11-18)25-21(23-14-19(28)26-22(3,4)5)24-15-20(29)27-12-6-7-13-27/h8-11,16H,6-7,12-15H2,1-5H3,(H,26,28)(H2,23,24,25). The molecule has 3 N–H and O–H groups in total. The summed E-state index contributed by atoms with van der Waals surface area (Å²) in [5.41, 5.74) is 0.452. The van der Waals surface area contributed by atoms with Gasteiger partial charge in [-0.15, -0.1) is 0 Å². The first-order valence-corrected chi connectivity index (χ1v) is 10.5. The molecule has 1 aromatic carbocycles. The normalized spacial score (nSPS) is 14.6. The van der Waals surface area contributed by atoms with E-state index in [2.05, 4.69) is 20.9 Å². The molecule has 1 heterocycles. The number of ether oxygens (including phenoxy) is 1. The highest BCUT2D eigenvalue weighted by Gasteiger charge is 2.18. The number of anilines is 1. The van der Waals surface area contributed by atoms with Crippen molar-refractivity contribution in [3.63, 3.8) is 0 Å². The predicted octanol–water partition coefficient (Wildman–Crippen LogP) is 2.37. The van der Waals surface area contributed by atoms with E-state index in [9.17, 15) is 9.59 Å². The van der Waals surface area contributed by atoms with Gasteiger partial charge in [0.2, 0.25) is 11.8 Å². The van der Waals surface area contributed by atoms with Gasteiger partial charge in [-0.1, -0.05) is 0 Å². The molecule has 1 fully saturated rings. The van der Waals surface area contributed by atoms with Crippen molar-refractivity contribution < 1.29 is 14.3 Å². The van der Waals surface area contributed by atoms with Crippen LogP contribution in [0.2, 0.25) is 0 Å². The van der Waals surface area contributed by atoms with Crippen LogP contribution in [-0.2, 0) is 9.59 Å². The fourth-order valence-electron chi connectivity index (χ4n) is 3.01. The summed E-state index contributed by atoms with van der Waals surface area (Å²) in [6.07, 6.45) is 2.19. The summed E-state index contributed by atoms with van der Waals surface area (Å²) >= 11 is 0. The van der Waals surface area contributed by atoms with E-state index in [1.54, 1.807) is 0 Å². The van der Waals surface area contributed by atoms with Crippen LogP contribution in [0.3, 0.4) is 0 Å². The van der Waals surface area contributed by atoms with Gasteiger partial charge in [0.1, 0.15) is 12.3 Å². The summed E-state index contributed by atoms with van der Waals surface area (Å²) in [6.45, 7) is 11.4. The van der Waals surface area contributed by atoms with Crippen molar-refractivity contribution in [2.24, 2.45) is 4.99 Å². The van der Waals surface area contributed by atoms with Gasteiger partial charge in [0.05, 0.1) is 12.6 Å². The molecule has 0 saturated carbocycles. The molecule has 1 aromatic rings. The van der Waals surface area contributed by atoms with Gasteiger partial charge in [-0.05, 0) is 71.7 Å². The molecular weight excluding hydrogens is 382 g/mol. The van der Waals surface area contributed by atoms with Crippen molar-refractivity contribution in [1.82, 2.24) is 15.5 Å². The van der Waals surface area contributed by atoms with Crippen molar-refractivity contribution in [1.29, 1.82) is 0 Å². The first kappa shape index (κ1) is 23.5. The van der Waals surface area contributed by atoms with Crippen LogP contribution >= 0.6 is 0 Å². The summed E-state index contributed by atoms with van der Waals surface area (Å²) < 4.78 is 5.66. The predicted molar refractivity (Wildman–Crippen MR) is 120 cm³/mol. The van der Waals surface area contributed by atoms with Crippen LogP contribution in [0.4, 0.5) is 5.69 Å². The Balaban J connectivity index is 2.02. The number of amides is 2. The first-order chi connectivity index (χ1) is 14.1. The lowest BCUT2D eigenvalue weighted by molar-refractivity contribution is -0.128. The molecule has 2 amide bonds. The van der Waals surface area contributed by atoms with Crippen LogP contribution in [0.15, 0.2) is 29.3 Å². The van der Waals surface area contributed by atoms with E-state index in [1.165, 1.54) is 0 Å². The maximum Gasteiger partial charge on any atom is 0.242 e. The Labute approximate surface area is 179 Å². The number of hydrogen-bond donors (Lipinski definition) is 3. The number of carbonyl (C=O) groups excluding carboxylic acids is 2. The average Bonchev–Trinajstić information content (AvgIpc) is 3.18. The summed E-state index contributed by atoms with van der Waals surface area (Å²) in [4.78, 5) is 30.7. The van der Waals surface area contributed by atoms with Crippen LogP contribution in [0, 0.1) is 0 Å². The number of nitrogens with one attached hydrogen (secondary N) is 3. The van der Waals surface area contributed by atoms with Crippen molar-refractivity contribution in [3.8, 4) is 5.75 Å². The van der Waals surface area contributed by atoms with Crippen LogP contribution in [0.1, 0.15) is 47.5 Å². The molecule has 0 radical (unpaired) electrons. The largest absolute Gasteiger partial charge is 0.491 e. The van der Waals surface area contributed by atoms with E-state index in [1.807, 2.05) is 63.8 Å². The van der Waals surface area contributed by atoms with Crippen molar-refractivity contribution in [2.75, 3.05) is 31.5 Å². The number of rotatable bonds is 7. The summed E-state index contributed by atoms with van der Waals surface area (Å²) in [5, 5.41) is 9.08. The first-order valence-electron chi connectivity index (χ1n) is 10.5. The minimum absolute atomic E-state index is 0.0295. The van der Waals surface area contributed by atoms with E-state index in [4.69, 9.17) is 4.74 Å². The molecule has 166 valence electrons. The number of benzene rings is 1. The Morgan fingerprint density at radius 1 is 1.13 bits per heavy atom. The van der Waals surface area contributed by atoms with Gasteiger partial charge in [0.25, 0.3) is 0 Å². The van der Waals surface area contributed by atoms with Crippen molar-refractivity contribution in [2.45, 2.75) is 59.1 Å². The highest BCUT2D eigenvalue weighted by Crippen LogP contribution is 2.17. The molecule has 0 atom stereocenters. The van der Waals surface area contributed by atoms with Crippen LogP contribution in [-0.4, -0.2) is 60.5 Å². The zero-order valence-corrected chi connectivity index (χ0v) is 18.7. The van der Waals surface area contributed by atoms with Crippen LogP contribution < -0.4 is 20.7 Å². The minimum Gasteiger partial charge on any atom is -0.491 e. The molecule has 1 aliphatic heterocycles. The quantitative estimate of drug-likeness (QED) is 0.468. The Hall–Kier alpha value is -2.77. The third kappa shape index (κ3) is 8.71. The Morgan fingerprint density at radius 3 is 2.33 bits per heavy atom. The molecule has 0 bridgehead atoms. The third-order valence-electron chi connectivity index (χ3n) is 4.25. The van der Waals surface area contributed by atoms with E-state index < -0.39 is 0 Å². The average molecular weight is 418 g/mol. The molecule has 1 aliphatic rings. The summed E-state index contributed by atoms with van der Waals surface area (Å²) in [7, 11) is 0. The maximum atomic E-state index is 12.4. The number of guanidine groups is 1. The van der Waals surface area contributed by atoms with Gasteiger partial charge in [-0.25, -0.2) is 4.99 Å².